The Labute approximate surface area is 237 Å². The van der Waals surface area contributed by atoms with Gasteiger partial charge in [-0.1, -0.05) is 36.0 Å². The van der Waals surface area contributed by atoms with Crippen molar-refractivity contribution in [1.82, 2.24) is 20.1 Å². The summed E-state index contributed by atoms with van der Waals surface area (Å²) in [5.74, 6) is 1.07. The average Bonchev–Trinajstić information content (AvgIpc) is 3.59. The summed E-state index contributed by atoms with van der Waals surface area (Å²) in [4.78, 5) is 34.9. The van der Waals surface area contributed by atoms with Crippen LogP contribution in [-0.4, -0.2) is 44.7 Å². The fourth-order valence-corrected chi connectivity index (χ4v) is 4.94. The normalized spacial score (nSPS) is 14.5. The van der Waals surface area contributed by atoms with E-state index in [0.717, 1.165) is 23.3 Å². The number of rotatable bonds is 6. The van der Waals surface area contributed by atoms with Crippen LogP contribution in [0.15, 0.2) is 78.0 Å². The van der Waals surface area contributed by atoms with Crippen LogP contribution in [0.1, 0.15) is 16.7 Å². The van der Waals surface area contributed by atoms with Crippen LogP contribution >= 0.6 is 11.8 Å². The van der Waals surface area contributed by atoms with E-state index in [1.54, 1.807) is 43.5 Å². The molecule has 0 bridgehead atoms. The summed E-state index contributed by atoms with van der Waals surface area (Å²) < 4.78 is 45.1. The second-order valence-corrected chi connectivity index (χ2v) is 9.92. The summed E-state index contributed by atoms with van der Waals surface area (Å²) in [7, 11) is 1.56. The number of urea groups is 1. The van der Waals surface area contributed by atoms with Crippen LogP contribution in [-0.2, 0) is 17.5 Å². The van der Waals surface area contributed by atoms with Gasteiger partial charge in [0.05, 0.1) is 29.8 Å². The molecule has 5 rings (SSSR count). The molecule has 1 aliphatic heterocycles. The van der Waals surface area contributed by atoms with Gasteiger partial charge in [0.1, 0.15) is 12.1 Å². The minimum absolute atomic E-state index is 0.167. The number of aliphatic imine (C=N–C) groups is 1. The van der Waals surface area contributed by atoms with Crippen LogP contribution in [0.2, 0.25) is 0 Å². The maximum atomic E-state index is 12.8. The second kappa shape index (κ2) is 11.5. The topological polar surface area (TPSA) is 102 Å². The number of anilines is 1. The van der Waals surface area contributed by atoms with Gasteiger partial charge in [-0.25, -0.2) is 14.5 Å². The monoisotopic (exact) mass is 580 g/mol. The summed E-state index contributed by atoms with van der Waals surface area (Å²) in [6.07, 6.45) is -2.99. The summed E-state index contributed by atoms with van der Waals surface area (Å²) in [6, 6.07) is 16.5. The molecule has 41 heavy (non-hydrogen) atoms. The zero-order chi connectivity index (χ0) is 29.1. The smallest absolute Gasteiger partial charge is 0.416 e. The SMILES string of the molecule is COc1ccc(N2C(=O)CSC2=NC(=O)NCc2ccc(-c3ncn(-c4ccc(C(F)(F)F)cc4)n3)cc2)c(C)c1. The van der Waals surface area contributed by atoms with Gasteiger partial charge in [0.2, 0.25) is 5.91 Å². The number of aromatic nitrogens is 3. The Bertz CT molecular complexity index is 1620. The first-order valence-corrected chi connectivity index (χ1v) is 13.3. The van der Waals surface area contributed by atoms with Crippen LogP contribution in [0, 0.1) is 6.92 Å². The van der Waals surface area contributed by atoms with E-state index in [-0.39, 0.29) is 18.2 Å². The van der Waals surface area contributed by atoms with Gasteiger partial charge in [-0.2, -0.15) is 18.2 Å². The van der Waals surface area contributed by atoms with Crippen LogP contribution < -0.4 is 15.0 Å². The lowest BCUT2D eigenvalue weighted by Gasteiger charge is -2.18. The number of hydrogen-bond donors (Lipinski definition) is 1. The van der Waals surface area contributed by atoms with Crippen LogP contribution in [0.3, 0.4) is 0 Å². The third kappa shape index (κ3) is 6.24. The molecule has 0 aliphatic carbocycles. The van der Waals surface area contributed by atoms with Crippen LogP contribution in [0.4, 0.5) is 23.7 Å². The number of benzene rings is 3. The molecule has 0 unspecified atom stereocenters. The molecule has 3 aromatic carbocycles. The highest BCUT2D eigenvalue weighted by Gasteiger charge is 2.32. The number of nitrogens with one attached hydrogen (secondary N) is 1. The van der Waals surface area contributed by atoms with Crippen molar-refractivity contribution >= 4 is 34.6 Å². The standard InChI is InChI=1S/C28H23F3N6O3S/c1-17-13-22(40-2)11-12-23(17)37-24(38)15-41-27(37)34-26(39)32-14-18-3-5-19(6-4-18)25-33-16-36(35-25)21-9-7-20(8-10-21)28(29,30)31/h3-13,16H,14-15H2,1-2H3,(H,32,39). The highest BCUT2D eigenvalue weighted by atomic mass is 32.2. The molecule has 1 fully saturated rings. The third-order valence-electron chi connectivity index (χ3n) is 6.21. The molecule has 0 saturated carbocycles. The van der Waals surface area contributed by atoms with Gasteiger partial charge in [-0.15, -0.1) is 5.10 Å². The molecule has 0 radical (unpaired) electrons. The lowest BCUT2D eigenvalue weighted by Crippen LogP contribution is -2.31. The number of alkyl halides is 3. The quantitative estimate of drug-likeness (QED) is 0.318. The maximum absolute atomic E-state index is 12.8. The number of amidine groups is 1. The number of methoxy groups -OCH3 is 1. The minimum Gasteiger partial charge on any atom is -0.497 e. The van der Waals surface area contributed by atoms with Crippen molar-refractivity contribution in [1.29, 1.82) is 0 Å². The molecule has 0 spiro atoms. The highest BCUT2D eigenvalue weighted by molar-refractivity contribution is 8.15. The number of amides is 3. The van der Waals surface area contributed by atoms with E-state index in [2.05, 4.69) is 20.4 Å². The molecule has 1 aromatic heterocycles. The Morgan fingerprint density at radius 3 is 2.49 bits per heavy atom. The molecular weight excluding hydrogens is 557 g/mol. The van der Waals surface area contributed by atoms with E-state index >= 15 is 0 Å². The molecule has 13 heteroatoms. The highest BCUT2D eigenvalue weighted by Crippen LogP contribution is 2.32. The number of carbonyl (C=O) groups is 2. The molecule has 4 aromatic rings. The van der Waals surface area contributed by atoms with E-state index in [0.29, 0.717) is 33.7 Å². The Balaban J connectivity index is 1.22. The minimum atomic E-state index is -4.41. The number of carbonyl (C=O) groups excluding carboxylic acids is 2. The lowest BCUT2D eigenvalue weighted by atomic mass is 10.1. The Morgan fingerprint density at radius 2 is 1.83 bits per heavy atom. The maximum Gasteiger partial charge on any atom is 0.416 e. The Morgan fingerprint density at radius 1 is 1.10 bits per heavy atom. The molecule has 9 nitrogen and oxygen atoms in total. The van der Waals surface area contributed by atoms with Crippen molar-refractivity contribution in [3.8, 4) is 22.8 Å². The summed E-state index contributed by atoms with van der Waals surface area (Å²) >= 11 is 1.19. The zero-order valence-electron chi connectivity index (χ0n) is 21.8. The van der Waals surface area contributed by atoms with Gasteiger partial charge in [0.25, 0.3) is 0 Å². The summed E-state index contributed by atoms with van der Waals surface area (Å²) in [5, 5.41) is 7.38. The lowest BCUT2D eigenvalue weighted by molar-refractivity contribution is -0.137. The van der Waals surface area contributed by atoms with E-state index in [4.69, 9.17) is 4.74 Å². The van der Waals surface area contributed by atoms with Crippen LogP contribution in [0.25, 0.3) is 17.1 Å². The molecule has 3 amide bonds. The van der Waals surface area contributed by atoms with Crippen molar-refractivity contribution in [2.75, 3.05) is 17.8 Å². The first-order chi connectivity index (χ1) is 19.6. The zero-order valence-corrected chi connectivity index (χ0v) is 22.7. The molecule has 2 heterocycles. The van der Waals surface area contributed by atoms with Crippen LogP contribution in [0.5, 0.6) is 5.75 Å². The number of halogens is 3. The van der Waals surface area contributed by atoms with Gasteiger partial charge in [0, 0.05) is 12.1 Å². The van der Waals surface area contributed by atoms with Crippen molar-refractivity contribution < 1.29 is 27.5 Å². The average molecular weight is 581 g/mol. The van der Waals surface area contributed by atoms with Gasteiger partial charge < -0.3 is 10.1 Å². The molecule has 1 aliphatic rings. The molecular formula is C28H23F3N6O3S. The molecule has 0 atom stereocenters. The van der Waals surface area contributed by atoms with E-state index < -0.39 is 17.8 Å². The van der Waals surface area contributed by atoms with Crippen molar-refractivity contribution in [3.05, 3.63) is 89.7 Å². The number of hydrogen-bond acceptors (Lipinski definition) is 6. The van der Waals surface area contributed by atoms with Gasteiger partial charge in [-0.05, 0) is 60.5 Å². The van der Waals surface area contributed by atoms with Crippen molar-refractivity contribution in [3.63, 3.8) is 0 Å². The number of thioether (sulfide) groups is 1. The third-order valence-corrected chi connectivity index (χ3v) is 7.14. The fourth-order valence-electron chi connectivity index (χ4n) is 4.09. The Kier molecular flexibility index (Phi) is 7.79. The number of aryl methyl sites for hydroxylation is 1. The predicted octanol–water partition coefficient (Wildman–Crippen LogP) is 5.62. The van der Waals surface area contributed by atoms with Crippen molar-refractivity contribution in [2.24, 2.45) is 4.99 Å². The molecule has 210 valence electrons. The summed E-state index contributed by atoms with van der Waals surface area (Å²) in [6.45, 7) is 2.05. The predicted molar refractivity (Wildman–Crippen MR) is 149 cm³/mol. The van der Waals surface area contributed by atoms with Crippen molar-refractivity contribution in [2.45, 2.75) is 19.6 Å². The van der Waals surface area contributed by atoms with Gasteiger partial charge in [-0.3, -0.25) is 9.69 Å². The second-order valence-electron chi connectivity index (χ2n) is 8.98. The van der Waals surface area contributed by atoms with E-state index in [1.165, 1.54) is 39.8 Å². The first-order valence-electron chi connectivity index (χ1n) is 12.3. The fraction of sp³-hybridized carbons (Fsp3) is 0.179. The van der Waals surface area contributed by atoms with Gasteiger partial charge in [0.15, 0.2) is 11.0 Å². The Hall–Kier alpha value is -4.65. The molecule has 1 N–H and O–H groups in total. The summed E-state index contributed by atoms with van der Waals surface area (Å²) in [5.41, 5.74) is 2.64. The molecule has 1 saturated heterocycles. The first kappa shape index (κ1) is 27.9. The number of nitrogens with zero attached hydrogens (tertiary/aromatic N) is 5. The number of ether oxygens (including phenoxy) is 1. The largest absolute Gasteiger partial charge is 0.497 e. The van der Waals surface area contributed by atoms with E-state index in [1.807, 2.05) is 13.0 Å². The van der Waals surface area contributed by atoms with E-state index in [9.17, 15) is 22.8 Å². The van der Waals surface area contributed by atoms with Gasteiger partial charge >= 0.3 is 12.2 Å².